The van der Waals surface area contributed by atoms with E-state index in [2.05, 4.69) is 15.9 Å². The van der Waals surface area contributed by atoms with Gasteiger partial charge < -0.3 is 4.74 Å². The predicted octanol–water partition coefficient (Wildman–Crippen LogP) is 5.90. The first-order chi connectivity index (χ1) is 10.3. The lowest BCUT2D eigenvalue weighted by Crippen LogP contribution is -2.13. The van der Waals surface area contributed by atoms with E-state index in [4.69, 9.17) is 28.6 Å². The van der Waals surface area contributed by atoms with Gasteiger partial charge in [-0.05, 0) is 37.3 Å². The maximum atomic E-state index is 13.2. The SMILES string of the molecule is C/C=C(\C=C/CBr)Oc1ccc(C(=S)CCl)c(C(F)(F)F)c1. The van der Waals surface area contributed by atoms with Crippen molar-refractivity contribution in [1.29, 1.82) is 0 Å². The van der Waals surface area contributed by atoms with E-state index in [1.165, 1.54) is 12.1 Å². The van der Waals surface area contributed by atoms with E-state index in [0.717, 1.165) is 6.07 Å². The third-order valence-corrected chi connectivity index (χ3v) is 3.77. The lowest BCUT2D eigenvalue weighted by molar-refractivity contribution is -0.137. The molecule has 0 bridgehead atoms. The van der Waals surface area contributed by atoms with Crippen molar-refractivity contribution in [2.45, 2.75) is 13.1 Å². The molecule has 7 heteroatoms. The quantitative estimate of drug-likeness (QED) is 0.189. The van der Waals surface area contributed by atoms with E-state index in [-0.39, 0.29) is 22.1 Å². The van der Waals surface area contributed by atoms with Gasteiger partial charge in [0.05, 0.1) is 11.4 Å². The van der Waals surface area contributed by atoms with Crippen LogP contribution in [-0.4, -0.2) is 16.1 Å². The Morgan fingerprint density at radius 3 is 2.59 bits per heavy atom. The highest BCUT2D eigenvalue weighted by Crippen LogP contribution is 2.35. The maximum absolute atomic E-state index is 13.2. The fraction of sp³-hybridized carbons (Fsp3) is 0.267. The monoisotopic (exact) mass is 412 g/mol. The molecule has 1 aromatic rings. The number of alkyl halides is 5. The molecule has 0 heterocycles. The van der Waals surface area contributed by atoms with Crippen LogP contribution in [0.4, 0.5) is 13.2 Å². The van der Waals surface area contributed by atoms with Crippen LogP contribution in [0.2, 0.25) is 0 Å². The van der Waals surface area contributed by atoms with Crippen molar-refractivity contribution >= 4 is 44.6 Å². The van der Waals surface area contributed by atoms with E-state index < -0.39 is 11.7 Å². The Hall–Kier alpha value is -0.850. The standard InChI is InChI=1S/C15H13BrClF3OS/c1-2-10(4-3-7-16)21-11-5-6-12(14(22)9-17)13(8-11)15(18,19)20/h2-6,8H,7,9H2,1H3/b4-3-,10-2+. The number of rotatable bonds is 6. The first-order valence-electron chi connectivity index (χ1n) is 6.20. The molecule has 1 rings (SSSR count). The summed E-state index contributed by atoms with van der Waals surface area (Å²) in [7, 11) is 0. The molecule has 0 atom stereocenters. The predicted molar refractivity (Wildman–Crippen MR) is 91.2 cm³/mol. The van der Waals surface area contributed by atoms with Gasteiger partial charge >= 0.3 is 6.18 Å². The number of thiocarbonyl (C=S) groups is 1. The third-order valence-electron chi connectivity index (χ3n) is 2.61. The number of allylic oxidation sites excluding steroid dienone is 3. The number of ether oxygens (including phenoxy) is 1. The van der Waals surface area contributed by atoms with Crippen molar-refractivity contribution in [2.24, 2.45) is 0 Å². The fourth-order valence-electron chi connectivity index (χ4n) is 1.62. The van der Waals surface area contributed by atoms with Gasteiger partial charge in [0, 0.05) is 15.8 Å². The normalized spacial score (nSPS) is 12.7. The van der Waals surface area contributed by atoms with Crippen molar-refractivity contribution < 1.29 is 17.9 Å². The maximum Gasteiger partial charge on any atom is 0.417 e. The molecule has 0 radical (unpaired) electrons. The summed E-state index contributed by atoms with van der Waals surface area (Å²) in [5, 5.41) is 0.616. The molecule has 0 saturated carbocycles. The molecule has 0 N–H and O–H groups in total. The molecule has 0 saturated heterocycles. The fourth-order valence-corrected chi connectivity index (χ4v) is 2.13. The van der Waals surface area contributed by atoms with E-state index in [0.29, 0.717) is 11.1 Å². The van der Waals surface area contributed by atoms with Gasteiger partial charge in [-0.2, -0.15) is 13.2 Å². The smallest absolute Gasteiger partial charge is 0.417 e. The van der Waals surface area contributed by atoms with Crippen LogP contribution in [0.3, 0.4) is 0 Å². The molecule has 0 unspecified atom stereocenters. The van der Waals surface area contributed by atoms with Gasteiger partial charge in [0.1, 0.15) is 11.5 Å². The van der Waals surface area contributed by atoms with Crippen LogP contribution in [0.5, 0.6) is 5.75 Å². The van der Waals surface area contributed by atoms with Crippen molar-refractivity contribution in [2.75, 3.05) is 11.2 Å². The van der Waals surface area contributed by atoms with Crippen LogP contribution in [-0.2, 0) is 6.18 Å². The van der Waals surface area contributed by atoms with Gasteiger partial charge in [-0.25, -0.2) is 0 Å². The molecule has 120 valence electrons. The van der Waals surface area contributed by atoms with Gasteiger partial charge in [0.15, 0.2) is 0 Å². The van der Waals surface area contributed by atoms with Crippen LogP contribution < -0.4 is 4.74 Å². The average Bonchev–Trinajstić information content (AvgIpc) is 2.49. The van der Waals surface area contributed by atoms with Crippen LogP contribution >= 0.6 is 39.7 Å². The first-order valence-corrected chi connectivity index (χ1v) is 8.27. The molecular formula is C15H13BrClF3OS. The van der Waals surface area contributed by atoms with E-state index in [9.17, 15) is 13.2 Å². The lowest BCUT2D eigenvalue weighted by Gasteiger charge is -2.15. The molecule has 0 spiro atoms. The molecule has 22 heavy (non-hydrogen) atoms. The summed E-state index contributed by atoms with van der Waals surface area (Å²) in [5.41, 5.74) is -0.946. The van der Waals surface area contributed by atoms with Crippen LogP contribution in [0, 0.1) is 0 Å². The van der Waals surface area contributed by atoms with E-state index >= 15 is 0 Å². The third kappa shape index (κ3) is 5.41. The molecule has 0 aliphatic carbocycles. The van der Waals surface area contributed by atoms with E-state index in [1.54, 1.807) is 25.2 Å². The molecular weight excluding hydrogens is 401 g/mol. The molecule has 0 fully saturated rings. The number of halogens is 5. The Bertz CT molecular complexity index is 597. The van der Waals surface area contributed by atoms with Crippen LogP contribution in [0.1, 0.15) is 18.1 Å². The number of benzene rings is 1. The molecule has 1 nitrogen and oxygen atoms in total. The minimum Gasteiger partial charge on any atom is -0.458 e. The molecule has 0 amide bonds. The van der Waals surface area contributed by atoms with Crippen molar-refractivity contribution in [1.82, 2.24) is 0 Å². The second kappa shape index (κ2) is 8.70. The van der Waals surface area contributed by atoms with E-state index in [1.807, 2.05) is 0 Å². The molecule has 0 aliphatic rings. The minimum absolute atomic E-state index is 0.0472. The highest BCUT2D eigenvalue weighted by molar-refractivity contribution is 9.09. The summed E-state index contributed by atoms with van der Waals surface area (Å²) >= 11 is 13.7. The Labute approximate surface area is 145 Å². The first kappa shape index (κ1) is 19.2. The number of hydrogen-bond acceptors (Lipinski definition) is 2. The molecule has 1 aromatic carbocycles. The average molecular weight is 414 g/mol. The minimum atomic E-state index is -4.54. The van der Waals surface area contributed by atoms with Crippen molar-refractivity contribution in [3.8, 4) is 5.75 Å². The Morgan fingerprint density at radius 2 is 2.09 bits per heavy atom. The summed E-state index contributed by atoms with van der Waals surface area (Å²) in [6.07, 6.45) is 0.562. The van der Waals surface area contributed by atoms with Gasteiger partial charge in [0.2, 0.25) is 0 Å². The lowest BCUT2D eigenvalue weighted by atomic mass is 10.0. The number of hydrogen-bond donors (Lipinski definition) is 0. The van der Waals surface area contributed by atoms with Gasteiger partial charge in [0.25, 0.3) is 0 Å². The zero-order valence-electron chi connectivity index (χ0n) is 11.6. The highest BCUT2D eigenvalue weighted by atomic mass is 79.9. The van der Waals surface area contributed by atoms with Crippen LogP contribution in [0.25, 0.3) is 0 Å². The summed E-state index contributed by atoms with van der Waals surface area (Å²) in [5.74, 6) is 0.383. The molecule has 0 aromatic heterocycles. The second-order valence-electron chi connectivity index (χ2n) is 4.11. The topological polar surface area (TPSA) is 9.23 Å². The van der Waals surface area contributed by atoms with Crippen molar-refractivity contribution in [3.05, 3.63) is 53.3 Å². The molecule has 0 aliphatic heterocycles. The van der Waals surface area contributed by atoms with Gasteiger partial charge in [-0.1, -0.05) is 34.2 Å². The zero-order valence-corrected chi connectivity index (χ0v) is 14.7. The largest absolute Gasteiger partial charge is 0.458 e. The second-order valence-corrected chi connectivity index (χ2v) is 5.52. The van der Waals surface area contributed by atoms with Gasteiger partial charge in [-0.3, -0.25) is 0 Å². The highest BCUT2D eigenvalue weighted by Gasteiger charge is 2.34. The van der Waals surface area contributed by atoms with Crippen molar-refractivity contribution in [3.63, 3.8) is 0 Å². The summed E-state index contributed by atoms with van der Waals surface area (Å²) < 4.78 is 44.9. The summed E-state index contributed by atoms with van der Waals surface area (Å²) in [6.45, 7) is 1.73. The van der Waals surface area contributed by atoms with Crippen LogP contribution in [0.15, 0.2) is 42.2 Å². The Kier molecular flexibility index (Phi) is 7.59. The Balaban J connectivity index is 3.20. The summed E-state index contributed by atoms with van der Waals surface area (Å²) in [4.78, 5) is 0.0472. The van der Waals surface area contributed by atoms with Gasteiger partial charge in [-0.15, -0.1) is 11.6 Å². The Morgan fingerprint density at radius 1 is 1.41 bits per heavy atom. The summed E-state index contributed by atoms with van der Waals surface area (Å²) in [6, 6.07) is 3.65. The zero-order chi connectivity index (χ0) is 16.8.